The van der Waals surface area contributed by atoms with Crippen molar-refractivity contribution in [3.8, 4) is 11.3 Å². The molecule has 0 bridgehead atoms. The number of Topliss-reactive ketones (excluding diaryl/α,β-unsaturated/α-hetero) is 1. The van der Waals surface area contributed by atoms with Crippen LogP contribution in [0.1, 0.15) is 58.1 Å². The average Bonchev–Trinajstić information content (AvgIpc) is 3.37. The minimum Gasteiger partial charge on any atom is -0.463 e. The van der Waals surface area contributed by atoms with Crippen molar-refractivity contribution in [3.05, 3.63) is 35.5 Å². The third-order valence-electron chi connectivity index (χ3n) is 6.76. The number of hydrogen-bond acceptors (Lipinski definition) is 11. The van der Waals surface area contributed by atoms with Crippen LogP contribution in [0, 0.1) is 18.6 Å². The highest BCUT2D eigenvalue weighted by Crippen LogP contribution is 2.42. The highest BCUT2D eigenvalue weighted by molar-refractivity contribution is 8.00. The Balaban J connectivity index is 1.77. The summed E-state index contributed by atoms with van der Waals surface area (Å²) in [5, 5.41) is 8.16. The van der Waals surface area contributed by atoms with Crippen LogP contribution < -0.4 is 0 Å². The Morgan fingerprint density at radius 2 is 1.80 bits per heavy atom. The number of nitrogens with zero attached hydrogens (tertiary/aromatic N) is 3. The molecule has 0 N–H and O–H groups in total. The molecule has 4 unspecified atom stereocenters. The number of hydrogen-bond donors (Lipinski definition) is 0. The first-order valence-corrected chi connectivity index (χ1v) is 14.1. The van der Waals surface area contributed by atoms with Crippen molar-refractivity contribution in [1.82, 2.24) is 15.0 Å². The van der Waals surface area contributed by atoms with Gasteiger partial charge in [-0.05, 0) is 37.5 Å². The van der Waals surface area contributed by atoms with E-state index in [2.05, 4.69) is 10.3 Å². The largest absolute Gasteiger partial charge is 0.463 e. The van der Waals surface area contributed by atoms with E-state index in [1.54, 1.807) is 0 Å². The van der Waals surface area contributed by atoms with Crippen molar-refractivity contribution in [1.29, 1.82) is 0 Å². The van der Waals surface area contributed by atoms with Crippen molar-refractivity contribution in [2.75, 3.05) is 6.61 Å². The molecule has 1 aliphatic carbocycles. The lowest BCUT2D eigenvalue weighted by molar-refractivity contribution is -0.212. The van der Waals surface area contributed by atoms with Gasteiger partial charge in [0.25, 0.3) is 0 Å². The molecule has 4 rings (SSSR count). The van der Waals surface area contributed by atoms with Gasteiger partial charge >= 0.3 is 17.9 Å². The summed E-state index contributed by atoms with van der Waals surface area (Å²) >= 11 is 1.31. The maximum absolute atomic E-state index is 14.2. The fourth-order valence-corrected chi connectivity index (χ4v) is 6.56. The van der Waals surface area contributed by atoms with Gasteiger partial charge in [-0.1, -0.05) is 5.21 Å². The second kappa shape index (κ2) is 13.1. The van der Waals surface area contributed by atoms with E-state index in [4.69, 9.17) is 18.9 Å². The van der Waals surface area contributed by atoms with E-state index in [1.807, 2.05) is 0 Å². The Bertz CT molecular complexity index is 1300. The van der Waals surface area contributed by atoms with Gasteiger partial charge in [0.2, 0.25) is 0 Å². The normalized spacial score (nSPS) is 26.3. The standard InChI is InChI=1S/C27H31F2N3O8S/c1-13-8-17(9-20(28)23(13)29)21-11-32(31-30-21)24-25(38-15(3)34)22(12-37-14(2)33)40-27(26(24)39-16(4)35)41-19-7-5-6-18(36)10-19/h8-9,11,19,22,24-27H,5-7,10,12H2,1-4H3/t19?,22?,24?,25-,26?,27+/m0/s1. The molecule has 2 aromatic rings. The van der Waals surface area contributed by atoms with E-state index in [-0.39, 0.29) is 34.5 Å². The van der Waals surface area contributed by atoms with Crippen LogP contribution in [-0.4, -0.2) is 74.3 Å². The molecule has 0 amide bonds. The zero-order chi connectivity index (χ0) is 29.8. The number of ketones is 1. The van der Waals surface area contributed by atoms with Gasteiger partial charge in [-0.2, -0.15) is 0 Å². The van der Waals surface area contributed by atoms with Crippen molar-refractivity contribution in [2.24, 2.45) is 0 Å². The van der Waals surface area contributed by atoms with Gasteiger partial charge in [-0.15, -0.1) is 16.9 Å². The second-order valence-electron chi connectivity index (χ2n) is 10.1. The highest BCUT2D eigenvalue weighted by Gasteiger charge is 2.52. The first-order valence-electron chi connectivity index (χ1n) is 13.1. The maximum Gasteiger partial charge on any atom is 0.303 e. The first-order chi connectivity index (χ1) is 19.4. The number of thioether (sulfide) groups is 1. The van der Waals surface area contributed by atoms with Crippen LogP contribution >= 0.6 is 11.8 Å². The third-order valence-corrected chi connectivity index (χ3v) is 8.19. The molecule has 1 saturated carbocycles. The number of benzene rings is 1. The van der Waals surface area contributed by atoms with Gasteiger partial charge in [-0.25, -0.2) is 13.5 Å². The fraction of sp³-hybridized carbons (Fsp3) is 0.556. The number of aromatic nitrogens is 3. The summed E-state index contributed by atoms with van der Waals surface area (Å²) in [7, 11) is 0. The molecular formula is C27H31F2N3O8S. The highest BCUT2D eigenvalue weighted by atomic mass is 32.2. The van der Waals surface area contributed by atoms with Gasteiger partial charge < -0.3 is 18.9 Å². The van der Waals surface area contributed by atoms with E-state index >= 15 is 0 Å². The van der Waals surface area contributed by atoms with Crippen molar-refractivity contribution < 1.29 is 46.9 Å². The van der Waals surface area contributed by atoms with E-state index in [0.717, 1.165) is 12.5 Å². The number of aryl methyl sites for hydroxylation is 1. The summed E-state index contributed by atoms with van der Waals surface area (Å²) in [4.78, 5) is 48.3. The molecule has 6 atom stereocenters. The molecule has 222 valence electrons. The summed E-state index contributed by atoms with van der Waals surface area (Å²) < 4.78 is 52.2. The minimum absolute atomic E-state index is 0.0659. The Kier molecular flexibility index (Phi) is 9.74. The molecule has 0 spiro atoms. The summed E-state index contributed by atoms with van der Waals surface area (Å²) in [6, 6.07) is 1.36. The molecule has 1 saturated heterocycles. The first kappa shape index (κ1) is 30.6. The Morgan fingerprint density at radius 1 is 1.10 bits per heavy atom. The van der Waals surface area contributed by atoms with Gasteiger partial charge in [0.15, 0.2) is 23.8 Å². The van der Waals surface area contributed by atoms with E-state index in [1.165, 1.54) is 56.4 Å². The fourth-order valence-electron chi connectivity index (χ4n) is 5.01. The SMILES string of the molecule is CC(=O)OCC1O[C@H](SC2CCCC(=O)C2)C(OC(C)=O)C(n2cc(-c3cc(C)c(F)c(F)c3)nn2)[C@H]1OC(C)=O. The van der Waals surface area contributed by atoms with E-state index in [9.17, 15) is 28.0 Å². The zero-order valence-electron chi connectivity index (χ0n) is 23.0. The van der Waals surface area contributed by atoms with E-state index in [0.29, 0.717) is 19.3 Å². The molecule has 14 heteroatoms. The quantitative estimate of drug-likeness (QED) is 0.328. The van der Waals surface area contributed by atoms with Gasteiger partial charge in [-0.3, -0.25) is 19.2 Å². The smallest absolute Gasteiger partial charge is 0.303 e. The Hall–Kier alpha value is -3.39. The molecule has 2 aliphatic rings. The van der Waals surface area contributed by atoms with Crippen molar-refractivity contribution in [2.45, 2.75) is 88.4 Å². The van der Waals surface area contributed by atoms with Crippen molar-refractivity contribution >= 4 is 35.5 Å². The molecule has 11 nitrogen and oxygen atoms in total. The van der Waals surface area contributed by atoms with Crippen LogP contribution in [0.15, 0.2) is 18.3 Å². The summed E-state index contributed by atoms with van der Waals surface area (Å²) in [6.07, 6.45) is 0.423. The maximum atomic E-state index is 14.2. The molecule has 1 aromatic heterocycles. The second-order valence-corrected chi connectivity index (χ2v) is 11.5. The molecule has 41 heavy (non-hydrogen) atoms. The van der Waals surface area contributed by atoms with Crippen LogP contribution in [0.3, 0.4) is 0 Å². The molecule has 1 aliphatic heterocycles. The number of rotatable bonds is 8. The predicted octanol–water partition coefficient (Wildman–Crippen LogP) is 3.47. The van der Waals surface area contributed by atoms with Crippen LogP contribution in [0.2, 0.25) is 0 Å². The zero-order valence-corrected chi connectivity index (χ0v) is 23.8. The van der Waals surface area contributed by atoms with Crippen molar-refractivity contribution in [3.63, 3.8) is 0 Å². The predicted molar refractivity (Wildman–Crippen MR) is 140 cm³/mol. The van der Waals surface area contributed by atoms with E-state index < -0.39 is 59.3 Å². The van der Waals surface area contributed by atoms with Gasteiger partial charge in [0.05, 0.1) is 6.20 Å². The molecule has 2 heterocycles. The number of esters is 3. The van der Waals surface area contributed by atoms with Gasteiger partial charge in [0, 0.05) is 44.4 Å². The van der Waals surface area contributed by atoms with Crippen LogP contribution in [-0.2, 0) is 38.1 Å². The lowest BCUT2D eigenvalue weighted by atomic mass is 9.96. The number of carbonyl (C=O) groups excluding carboxylic acids is 4. The lowest BCUT2D eigenvalue weighted by Gasteiger charge is -2.45. The van der Waals surface area contributed by atoms with Gasteiger partial charge in [0.1, 0.15) is 35.7 Å². The molecule has 1 aromatic carbocycles. The average molecular weight is 596 g/mol. The number of halogens is 2. The third kappa shape index (κ3) is 7.47. The number of ether oxygens (including phenoxy) is 4. The Morgan fingerprint density at radius 3 is 2.44 bits per heavy atom. The van der Waals surface area contributed by atoms with Crippen LogP contribution in [0.5, 0.6) is 0 Å². The monoisotopic (exact) mass is 595 g/mol. The summed E-state index contributed by atoms with van der Waals surface area (Å²) in [6.45, 7) is 4.74. The molecule has 0 radical (unpaired) electrons. The summed E-state index contributed by atoms with van der Waals surface area (Å²) in [5.41, 5.74) is -0.377. The topological polar surface area (TPSA) is 136 Å². The Labute approximate surface area is 239 Å². The molecular weight excluding hydrogens is 564 g/mol. The lowest BCUT2D eigenvalue weighted by Crippen LogP contribution is -2.58. The van der Waals surface area contributed by atoms with Crippen LogP contribution in [0.25, 0.3) is 11.3 Å². The van der Waals surface area contributed by atoms with Crippen LogP contribution in [0.4, 0.5) is 8.78 Å². The summed E-state index contributed by atoms with van der Waals surface area (Å²) in [5.74, 6) is -3.85. The molecule has 2 fully saturated rings. The minimum atomic E-state index is -1.16. The number of carbonyl (C=O) groups is 4.